The van der Waals surface area contributed by atoms with Crippen molar-refractivity contribution in [3.63, 3.8) is 0 Å². The maximum atomic E-state index is 14.7. The van der Waals surface area contributed by atoms with Crippen LogP contribution in [-0.4, -0.2) is 81.3 Å². The van der Waals surface area contributed by atoms with Crippen molar-refractivity contribution in [1.29, 1.82) is 0 Å². The fourth-order valence-corrected chi connectivity index (χ4v) is 9.66. The molecule has 0 radical (unpaired) electrons. The number of aromatic nitrogens is 2. The third-order valence-electron chi connectivity index (χ3n) is 11.0. The number of rotatable bonds is 27. The molecule has 13 nitrogen and oxygen atoms in total. The number of para-hydroxylation sites is 1. The van der Waals surface area contributed by atoms with Crippen LogP contribution in [0.1, 0.15) is 129 Å². The average molecular weight is 927 g/mol. The van der Waals surface area contributed by atoms with Gasteiger partial charge in [0, 0.05) is 44.5 Å². The van der Waals surface area contributed by atoms with Gasteiger partial charge in [0.25, 0.3) is 11.5 Å². The number of aryl methyl sites for hydroxylation is 1. The van der Waals surface area contributed by atoms with Gasteiger partial charge in [0.2, 0.25) is 20.0 Å². The lowest BCUT2D eigenvalue weighted by molar-refractivity contribution is -0.110. The Hall–Kier alpha value is -4.15. The summed E-state index contributed by atoms with van der Waals surface area (Å²) in [5.74, 6) is -0.717. The molecule has 0 saturated carbocycles. The molecule has 0 saturated heterocycles. The molecule has 2 N–H and O–H groups in total. The lowest BCUT2D eigenvalue weighted by Crippen LogP contribution is -2.35. The number of sulfonamides is 2. The number of aliphatic imine (C=N–C) groups is 1. The Morgan fingerprint density at radius 3 is 2.03 bits per heavy atom. The molecule has 0 fully saturated rings. The number of hydrogen-bond acceptors (Lipinski definition) is 9. The Morgan fingerprint density at radius 1 is 0.825 bits per heavy atom. The van der Waals surface area contributed by atoms with E-state index in [1.807, 2.05) is 44.7 Å². The summed E-state index contributed by atoms with van der Waals surface area (Å²) < 4.78 is 57.7. The Morgan fingerprint density at radius 2 is 1.44 bits per heavy atom. The number of amides is 1. The summed E-state index contributed by atoms with van der Waals surface area (Å²) in [6, 6.07) is 16.3. The molecule has 16 heteroatoms. The summed E-state index contributed by atoms with van der Waals surface area (Å²) in [5.41, 5.74) is 1.88. The highest BCUT2D eigenvalue weighted by Crippen LogP contribution is 2.30. The van der Waals surface area contributed by atoms with Crippen LogP contribution in [0.5, 0.6) is 0 Å². The number of carbonyl (C=O) groups excluding carboxylic acids is 1. The van der Waals surface area contributed by atoms with Gasteiger partial charge in [0.1, 0.15) is 0 Å². The van der Waals surface area contributed by atoms with Crippen LogP contribution in [-0.2, 0) is 24.8 Å². The van der Waals surface area contributed by atoms with E-state index >= 15 is 0 Å². The van der Waals surface area contributed by atoms with Gasteiger partial charge in [-0.25, -0.2) is 31.5 Å². The molecule has 0 unspecified atom stereocenters. The van der Waals surface area contributed by atoms with E-state index < -0.39 is 32.0 Å². The largest absolute Gasteiger partial charge is 0.370 e. The number of halogens is 1. The molecular weight excluding hydrogens is 858 g/mol. The number of fused-ring (bicyclic) bond motifs is 1. The van der Waals surface area contributed by atoms with Crippen molar-refractivity contribution in [3.05, 3.63) is 87.4 Å². The van der Waals surface area contributed by atoms with Crippen LogP contribution in [0.15, 0.2) is 75.3 Å². The Balaban J connectivity index is 1.76. The summed E-state index contributed by atoms with van der Waals surface area (Å²) in [6.07, 6.45) is 13.5. The molecule has 0 atom stereocenters. The van der Waals surface area contributed by atoms with Crippen LogP contribution < -0.4 is 20.5 Å². The van der Waals surface area contributed by atoms with Gasteiger partial charge in [0.15, 0.2) is 11.5 Å². The second kappa shape index (κ2) is 24.8. The number of likely N-dealkylation sites (N-methyl/N-ethyl adjacent to an activating group) is 1. The van der Waals surface area contributed by atoms with Crippen LogP contribution in [0.3, 0.4) is 0 Å². The van der Waals surface area contributed by atoms with Crippen molar-refractivity contribution in [2.75, 3.05) is 49.2 Å². The number of nitrogens with one attached hydrogen (secondary N) is 2. The molecule has 346 valence electrons. The van der Waals surface area contributed by atoms with Crippen molar-refractivity contribution in [3.8, 4) is 0 Å². The Kier molecular flexibility index (Phi) is 20.3. The molecular formula is C47H68ClN7O6S2. The number of nitrogens with zero attached hydrogens (tertiary/aromatic N) is 5. The summed E-state index contributed by atoms with van der Waals surface area (Å²) in [6.45, 7) is 13.8. The fourth-order valence-electron chi connectivity index (χ4n) is 7.49. The molecule has 4 rings (SSSR count). The minimum Gasteiger partial charge on any atom is -0.370 e. The van der Waals surface area contributed by atoms with E-state index in [9.17, 15) is 26.4 Å². The van der Waals surface area contributed by atoms with E-state index in [4.69, 9.17) is 21.6 Å². The molecule has 1 heterocycles. The molecule has 0 spiro atoms. The van der Waals surface area contributed by atoms with Crippen molar-refractivity contribution < 1.29 is 21.6 Å². The molecule has 4 aromatic rings. The highest BCUT2D eigenvalue weighted by molar-refractivity contribution is 7.89. The molecule has 0 bridgehead atoms. The smallest absolute Gasteiger partial charge is 0.278 e. The minimum absolute atomic E-state index is 0.0132. The quantitative estimate of drug-likeness (QED) is 0.0441. The first kappa shape index (κ1) is 51.5. The van der Waals surface area contributed by atoms with Crippen LogP contribution in [0.25, 0.3) is 10.9 Å². The lowest BCUT2D eigenvalue weighted by Gasteiger charge is -2.24. The third-order valence-corrected chi connectivity index (χ3v) is 14.0. The van der Waals surface area contributed by atoms with Gasteiger partial charge >= 0.3 is 0 Å². The molecule has 63 heavy (non-hydrogen) atoms. The monoisotopic (exact) mass is 925 g/mol. The first-order chi connectivity index (χ1) is 30.0. The predicted molar refractivity (Wildman–Crippen MR) is 260 cm³/mol. The van der Waals surface area contributed by atoms with E-state index in [0.29, 0.717) is 48.3 Å². The van der Waals surface area contributed by atoms with Crippen LogP contribution in [0.2, 0.25) is 5.02 Å². The fraction of sp³-hybridized carbons (Fsp3) is 0.532. The molecule has 0 aliphatic heterocycles. The highest BCUT2D eigenvalue weighted by atomic mass is 35.5. The number of carbonyl (C=O) groups is 1. The highest BCUT2D eigenvalue weighted by Gasteiger charge is 2.28. The maximum absolute atomic E-state index is 14.7. The van der Waals surface area contributed by atoms with Gasteiger partial charge in [0.05, 0.1) is 38.5 Å². The number of unbranched alkanes of at least 4 members (excludes halogenated alkanes) is 10. The third kappa shape index (κ3) is 15.0. The molecule has 0 aliphatic carbocycles. The Bertz CT molecular complexity index is 2440. The van der Waals surface area contributed by atoms with Crippen molar-refractivity contribution in [1.82, 2.24) is 18.6 Å². The maximum Gasteiger partial charge on any atom is 0.278 e. The summed E-state index contributed by atoms with van der Waals surface area (Å²) in [4.78, 5) is 40.5. The number of anilines is 2. The number of hydrogen-bond donors (Lipinski definition) is 2. The number of benzene rings is 3. The predicted octanol–water partition coefficient (Wildman–Crippen LogP) is 9.79. The normalized spacial score (nSPS) is 12.4. The van der Waals surface area contributed by atoms with Crippen molar-refractivity contribution in [2.24, 2.45) is 4.99 Å². The first-order valence-electron chi connectivity index (χ1n) is 22.5. The minimum atomic E-state index is -3.97. The van der Waals surface area contributed by atoms with E-state index in [1.165, 1.54) is 22.8 Å². The van der Waals surface area contributed by atoms with E-state index in [-0.39, 0.29) is 39.2 Å². The van der Waals surface area contributed by atoms with Gasteiger partial charge in [-0.05, 0) is 94.6 Å². The van der Waals surface area contributed by atoms with Crippen LogP contribution >= 0.6 is 11.6 Å². The zero-order valence-corrected chi connectivity index (χ0v) is 40.6. The zero-order valence-electron chi connectivity index (χ0n) is 38.3. The first-order valence-corrected chi connectivity index (χ1v) is 26.2. The van der Waals surface area contributed by atoms with Crippen LogP contribution in [0.4, 0.5) is 17.1 Å². The van der Waals surface area contributed by atoms with E-state index in [0.717, 1.165) is 89.0 Å². The summed E-state index contributed by atoms with van der Waals surface area (Å²) in [5, 5.41) is 3.35. The van der Waals surface area contributed by atoms with Crippen molar-refractivity contribution in [2.45, 2.75) is 130 Å². The Labute approximate surface area is 380 Å². The van der Waals surface area contributed by atoms with E-state index in [1.54, 1.807) is 34.6 Å². The second-order valence-electron chi connectivity index (χ2n) is 16.4. The molecule has 0 aliphatic rings. The standard InChI is InChI=1S/C47H68ClN7O6S2/c1-8-11-13-15-17-21-30-54(31-22-18-16-14-12-9-2)63(60,61)38-26-27-40(48)43(34-38)52-46(56)44(45-51-42-24-20-19-23-39(42)47(57)55(45)35(4)5)50-41-28-25-37(33-36(41)6)53(10-3)32-29-49-62(7,58)59/h19-20,23-28,33-35,49H,8-18,21-22,29-32H2,1-7H3,(H,52,56). The van der Waals surface area contributed by atoms with Gasteiger partial charge < -0.3 is 10.2 Å². The SMILES string of the molecule is CCCCCCCCN(CCCCCCCC)S(=O)(=O)c1ccc(Cl)c(NC(=O)C(=Nc2ccc(N(CC)CCNS(C)(=O)=O)cc2C)c2nc3ccccc3c(=O)n2C(C)C)c1. The lowest BCUT2D eigenvalue weighted by atomic mass is 10.1. The van der Waals surface area contributed by atoms with E-state index in [2.05, 4.69) is 23.9 Å². The topological polar surface area (TPSA) is 163 Å². The zero-order chi connectivity index (χ0) is 46.2. The van der Waals surface area contributed by atoms with Crippen LogP contribution in [0, 0.1) is 6.92 Å². The summed E-state index contributed by atoms with van der Waals surface area (Å²) in [7, 11) is -7.33. The second-order valence-corrected chi connectivity index (χ2v) is 20.6. The van der Waals surface area contributed by atoms with Gasteiger partial charge in [-0.2, -0.15) is 4.31 Å². The molecule has 3 aromatic carbocycles. The summed E-state index contributed by atoms with van der Waals surface area (Å²) >= 11 is 6.72. The average Bonchev–Trinajstić information content (AvgIpc) is 3.23. The molecule has 1 aromatic heterocycles. The molecule has 1 amide bonds. The van der Waals surface area contributed by atoms with Gasteiger partial charge in [-0.1, -0.05) is 102 Å². The van der Waals surface area contributed by atoms with Crippen molar-refractivity contribution >= 4 is 71.2 Å². The van der Waals surface area contributed by atoms with Gasteiger partial charge in [-0.15, -0.1) is 0 Å². The van der Waals surface area contributed by atoms with Gasteiger partial charge in [-0.3, -0.25) is 14.2 Å².